The van der Waals surface area contributed by atoms with Crippen molar-refractivity contribution in [3.05, 3.63) is 34.4 Å². The number of rotatable bonds is 6. The van der Waals surface area contributed by atoms with Crippen molar-refractivity contribution in [2.24, 2.45) is 5.92 Å². The van der Waals surface area contributed by atoms with Crippen molar-refractivity contribution in [1.82, 2.24) is 0 Å². The van der Waals surface area contributed by atoms with Gasteiger partial charge >= 0.3 is 0 Å². The molecule has 0 fully saturated rings. The van der Waals surface area contributed by atoms with Crippen LogP contribution in [0.5, 0.6) is 0 Å². The van der Waals surface area contributed by atoms with Gasteiger partial charge in [-0.2, -0.15) is 0 Å². The Balaban J connectivity index is 2.76. The van der Waals surface area contributed by atoms with Crippen molar-refractivity contribution in [1.29, 1.82) is 0 Å². The van der Waals surface area contributed by atoms with Gasteiger partial charge in [0.25, 0.3) is 0 Å². The summed E-state index contributed by atoms with van der Waals surface area (Å²) < 4.78 is 11.9. The Morgan fingerprint density at radius 1 is 1.16 bits per heavy atom. The molecule has 0 radical (unpaired) electrons. The standard InChI is InChI=1S/C16H24O2S/c1-11(2)6-7-19(18)10-15(17)16-13(4)8-12(3)9-14(16)5/h8-9,11H,6-7,10H2,1-5H3. The van der Waals surface area contributed by atoms with Gasteiger partial charge in [0, 0.05) is 22.1 Å². The molecule has 106 valence electrons. The molecular formula is C16H24O2S. The summed E-state index contributed by atoms with van der Waals surface area (Å²) in [5.74, 6) is 1.31. The predicted molar refractivity (Wildman–Crippen MR) is 82.3 cm³/mol. The van der Waals surface area contributed by atoms with Crippen LogP contribution in [0, 0.1) is 26.7 Å². The van der Waals surface area contributed by atoms with Crippen molar-refractivity contribution >= 4 is 16.6 Å². The summed E-state index contributed by atoms with van der Waals surface area (Å²) in [6.07, 6.45) is 0.908. The van der Waals surface area contributed by atoms with Crippen LogP contribution in [0.25, 0.3) is 0 Å². The highest BCUT2D eigenvalue weighted by Gasteiger charge is 2.15. The van der Waals surface area contributed by atoms with Crippen LogP contribution in [0.15, 0.2) is 12.1 Å². The summed E-state index contributed by atoms with van der Waals surface area (Å²) in [4.78, 5) is 12.3. The molecule has 3 heteroatoms. The topological polar surface area (TPSA) is 34.1 Å². The lowest BCUT2D eigenvalue weighted by atomic mass is 9.97. The fourth-order valence-electron chi connectivity index (χ4n) is 2.28. The third kappa shape index (κ3) is 4.90. The van der Waals surface area contributed by atoms with E-state index in [2.05, 4.69) is 13.8 Å². The Hall–Kier alpha value is -0.960. The molecule has 0 aliphatic carbocycles. The average molecular weight is 280 g/mol. The van der Waals surface area contributed by atoms with Crippen molar-refractivity contribution in [2.75, 3.05) is 11.5 Å². The van der Waals surface area contributed by atoms with Crippen molar-refractivity contribution in [2.45, 2.75) is 41.0 Å². The molecule has 1 rings (SSSR count). The Kier molecular flexibility index (Phi) is 5.92. The highest BCUT2D eigenvalue weighted by atomic mass is 32.2. The van der Waals surface area contributed by atoms with Crippen LogP contribution in [0.3, 0.4) is 0 Å². The van der Waals surface area contributed by atoms with Crippen LogP contribution in [0.1, 0.15) is 47.3 Å². The molecule has 0 bridgehead atoms. The molecule has 0 N–H and O–H groups in total. The summed E-state index contributed by atoms with van der Waals surface area (Å²) in [5.41, 5.74) is 3.89. The number of Topliss-reactive ketones (excluding diaryl/α,β-unsaturated/α-hetero) is 1. The lowest BCUT2D eigenvalue weighted by molar-refractivity contribution is 0.102. The van der Waals surface area contributed by atoms with Gasteiger partial charge < -0.3 is 0 Å². The first-order chi connectivity index (χ1) is 8.81. The highest BCUT2D eigenvalue weighted by molar-refractivity contribution is 7.85. The largest absolute Gasteiger partial charge is 0.293 e. The van der Waals surface area contributed by atoms with Crippen LogP contribution >= 0.6 is 0 Å². The monoisotopic (exact) mass is 280 g/mol. The van der Waals surface area contributed by atoms with Crippen LogP contribution in [-0.2, 0) is 10.8 Å². The van der Waals surface area contributed by atoms with Gasteiger partial charge in [0.05, 0.1) is 5.75 Å². The molecule has 1 aromatic rings. The van der Waals surface area contributed by atoms with Crippen molar-refractivity contribution in [3.63, 3.8) is 0 Å². The Bertz CT molecular complexity index is 467. The number of carbonyl (C=O) groups is 1. The molecule has 0 heterocycles. The molecule has 0 aliphatic rings. The lowest BCUT2D eigenvalue weighted by Crippen LogP contribution is -2.16. The minimum Gasteiger partial charge on any atom is -0.293 e. The number of ketones is 1. The smallest absolute Gasteiger partial charge is 0.175 e. The summed E-state index contributed by atoms with van der Waals surface area (Å²) in [5, 5.41) is 0. The molecule has 0 aromatic heterocycles. The summed E-state index contributed by atoms with van der Waals surface area (Å²) >= 11 is 0. The predicted octanol–water partition coefficient (Wildman–Crippen LogP) is 3.59. The Morgan fingerprint density at radius 3 is 2.16 bits per heavy atom. The van der Waals surface area contributed by atoms with Gasteiger partial charge in [-0.25, -0.2) is 0 Å². The zero-order valence-electron chi connectivity index (χ0n) is 12.6. The van der Waals surface area contributed by atoms with E-state index in [0.29, 0.717) is 11.7 Å². The molecule has 1 atom stereocenters. The molecule has 0 saturated carbocycles. The van der Waals surface area contributed by atoms with Gasteiger partial charge in [0.1, 0.15) is 0 Å². The number of hydrogen-bond acceptors (Lipinski definition) is 2. The molecular weight excluding hydrogens is 256 g/mol. The van der Waals surface area contributed by atoms with E-state index in [1.54, 1.807) is 0 Å². The molecule has 1 aromatic carbocycles. The van der Waals surface area contributed by atoms with Gasteiger partial charge in [-0.05, 0) is 44.2 Å². The van der Waals surface area contributed by atoms with Crippen molar-refractivity contribution < 1.29 is 9.00 Å². The minimum absolute atomic E-state index is 0.0112. The maximum absolute atomic E-state index is 12.3. The van der Waals surface area contributed by atoms with Crippen LogP contribution < -0.4 is 0 Å². The fraction of sp³-hybridized carbons (Fsp3) is 0.562. The van der Waals surface area contributed by atoms with Crippen LogP contribution in [0.4, 0.5) is 0 Å². The molecule has 0 aliphatic heterocycles. The zero-order valence-corrected chi connectivity index (χ0v) is 13.4. The number of aryl methyl sites for hydroxylation is 3. The summed E-state index contributed by atoms with van der Waals surface area (Å²) in [7, 11) is -1.04. The third-order valence-corrected chi connectivity index (χ3v) is 4.45. The summed E-state index contributed by atoms with van der Waals surface area (Å²) in [6.45, 7) is 10.1. The van der Waals surface area contributed by atoms with E-state index in [4.69, 9.17) is 0 Å². The van der Waals surface area contributed by atoms with Crippen molar-refractivity contribution in [3.8, 4) is 0 Å². The normalized spacial score (nSPS) is 12.7. The molecule has 0 spiro atoms. The first kappa shape index (κ1) is 16.1. The van der Waals surface area contributed by atoms with Gasteiger partial charge in [-0.15, -0.1) is 0 Å². The van der Waals surface area contributed by atoms with E-state index >= 15 is 0 Å². The Labute approximate surface area is 119 Å². The molecule has 0 amide bonds. The molecule has 2 nitrogen and oxygen atoms in total. The summed E-state index contributed by atoms with van der Waals surface area (Å²) in [6, 6.07) is 4.02. The van der Waals surface area contributed by atoms with Gasteiger partial charge in [-0.3, -0.25) is 9.00 Å². The van der Waals surface area contributed by atoms with E-state index < -0.39 is 10.8 Å². The highest BCUT2D eigenvalue weighted by Crippen LogP contribution is 2.17. The second-order valence-corrected chi connectivity index (χ2v) is 7.24. The maximum Gasteiger partial charge on any atom is 0.175 e. The zero-order chi connectivity index (χ0) is 14.6. The van der Waals surface area contributed by atoms with E-state index in [-0.39, 0.29) is 11.5 Å². The fourth-order valence-corrected chi connectivity index (χ4v) is 3.59. The van der Waals surface area contributed by atoms with E-state index in [9.17, 15) is 9.00 Å². The lowest BCUT2D eigenvalue weighted by Gasteiger charge is -2.10. The van der Waals surface area contributed by atoms with E-state index in [0.717, 1.165) is 28.7 Å². The molecule has 19 heavy (non-hydrogen) atoms. The van der Waals surface area contributed by atoms with Gasteiger partial charge in [0.2, 0.25) is 0 Å². The average Bonchev–Trinajstić information content (AvgIpc) is 2.24. The first-order valence-corrected chi connectivity index (χ1v) is 8.26. The quantitative estimate of drug-likeness (QED) is 0.746. The van der Waals surface area contributed by atoms with Gasteiger partial charge in [0.15, 0.2) is 5.78 Å². The number of carbonyl (C=O) groups excluding carboxylic acids is 1. The maximum atomic E-state index is 12.3. The minimum atomic E-state index is -1.04. The molecule has 1 unspecified atom stereocenters. The number of hydrogen-bond donors (Lipinski definition) is 0. The van der Waals surface area contributed by atoms with E-state index in [1.165, 1.54) is 0 Å². The second-order valence-electron chi connectivity index (χ2n) is 5.67. The van der Waals surface area contributed by atoms with Gasteiger partial charge in [-0.1, -0.05) is 31.5 Å². The van der Waals surface area contributed by atoms with E-state index in [1.807, 2.05) is 32.9 Å². The number of benzene rings is 1. The molecule has 0 saturated heterocycles. The first-order valence-electron chi connectivity index (χ1n) is 6.77. The third-order valence-electron chi connectivity index (χ3n) is 3.17. The second kappa shape index (κ2) is 6.99. The van der Waals surface area contributed by atoms with Crippen LogP contribution in [-0.4, -0.2) is 21.5 Å². The van der Waals surface area contributed by atoms with Crippen LogP contribution in [0.2, 0.25) is 0 Å². The SMILES string of the molecule is Cc1cc(C)c(C(=O)CS(=O)CCC(C)C)c(C)c1. The Morgan fingerprint density at radius 2 is 1.68 bits per heavy atom.